The monoisotopic (exact) mass is 316 g/mol. The molecule has 1 heteroatoms. The first-order valence-electron chi connectivity index (χ1n) is 8.93. The predicted molar refractivity (Wildman–Crippen MR) is 106 cm³/mol. The van der Waals surface area contributed by atoms with Gasteiger partial charge in [-0.2, -0.15) is 0 Å². The van der Waals surface area contributed by atoms with E-state index < -0.39 is 14.1 Å². The van der Waals surface area contributed by atoms with Crippen molar-refractivity contribution in [3.05, 3.63) is 45.5 Å². The van der Waals surface area contributed by atoms with Crippen LogP contribution in [-0.4, -0.2) is 14.1 Å². The van der Waals surface area contributed by atoms with Crippen LogP contribution >= 0.6 is 0 Å². The summed E-state index contributed by atoms with van der Waals surface area (Å²) in [6.07, 6.45) is 14.4. The molecule has 0 radical (unpaired) electrons. The van der Waals surface area contributed by atoms with Crippen molar-refractivity contribution in [2.45, 2.75) is 84.7 Å². The third-order valence-electron chi connectivity index (χ3n) is 3.77. The van der Waals surface area contributed by atoms with Gasteiger partial charge in [0, 0.05) is 0 Å². The second kappa shape index (κ2) is 13.0. The smallest absolute Gasteiger partial charge is 0.146 e. The molecule has 22 heavy (non-hydrogen) atoms. The third kappa shape index (κ3) is 14.4. The zero-order chi connectivity index (χ0) is 17.0. The van der Waals surface area contributed by atoms with Crippen molar-refractivity contribution in [3.63, 3.8) is 0 Å². The fourth-order valence-electron chi connectivity index (χ4n) is 2.54. The van der Waals surface area contributed by atoms with Crippen LogP contribution in [0.5, 0.6) is 0 Å². The molecular weight excluding hydrogens is 279 g/mol. The Morgan fingerprint density at radius 3 is 1.45 bits per heavy atom. The van der Waals surface area contributed by atoms with Crippen LogP contribution in [0.25, 0.3) is 0 Å². The first-order valence-corrected chi connectivity index (χ1v) is 11.9. The largest absolute Gasteiger partial charge is 0.288 e. The Morgan fingerprint density at radius 1 is 0.636 bits per heavy atom. The summed E-state index contributed by atoms with van der Waals surface area (Å²) in [4.78, 5) is 2.52. The summed E-state index contributed by atoms with van der Waals surface area (Å²) in [6.45, 7) is 11.2. The highest BCUT2D eigenvalue weighted by molar-refractivity contribution is 6.61. The van der Waals surface area contributed by atoms with E-state index >= 15 is 0 Å². The lowest BCUT2D eigenvalue weighted by Crippen LogP contribution is -1.95. The molecule has 0 amide bonds. The summed E-state index contributed by atoms with van der Waals surface area (Å²) >= 11 is -0.537. The summed E-state index contributed by atoms with van der Waals surface area (Å²) in [7, 11) is 0. The lowest BCUT2D eigenvalue weighted by molar-refractivity contribution is 0.900. The Hall–Kier alpha value is -0.508. The summed E-state index contributed by atoms with van der Waals surface area (Å²) in [5, 5.41) is 0. The van der Waals surface area contributed by atoms with Crippen LogP contribution in [0.1, 0.15) is 73.1 Å². The topological polar surface area (TPSA) is 0 Å². The summed E-state index contributed by atoms with van der Waals surface area (Å²) in [5.74, 6) is 4.77. The fraction of sp³-hybridized carbons (Fsp3) is 0.619. The van der Waals surface area contributed by atoms with Gasteiger partial charge in [-0.3, -0.25) is 0 Å². The first kappa shape index (κ1) is 21.5. The highest BCUT2D eigenvalue weighted by Gasteiger charge is 1.97. The van der Waals surface area contributed by atoms with Crippen LogP contribution in [-0.2, 0) is 0 Å². The minimum atomic E-state index is -0.537. The molecule has 0 aliphatic heterocycles. The molecule has 0 aromatic rings. The Labute approximate surface area is 144 Å². The zero-order valence-electron chi connectivity index (χ0n) is 16.1. The molecule has 124 valence electrons. The highest BCUT2D eigenvalue weighted by Crippen LogP contribution is 2.13. The van der Waals surface area contributed by atoms with E-state index in [-0.39, 0.29) is 0 Å². The van der Waals surface area contributed by atoms with Gasteiger partial charge in [-0.1, -0.05) is 40.5 Å². The average Bonchev–Trinajstić information content (AvgIpc) is 2.37. The number of allylic oxidation sites excluding steroid dienone is 7. The molecule has 0 saturated heterocycles. The molecule has 0 unspecified atom stereocenters. The van der Waals surface area contributed by atoms with Crippen molar-refractivity contribution in [3.8, 4) is 0 Å². The molecule has 0 aromatic carbocycles. The summed E-state index contributed by atoms with van der Waals surface area (Å²) < 4.78 is 0. The average molecular weight is 317 g/mol. The van der Waals surface area contributed by atoms with Crippen LogP contribution < -0.4 is 0 Å². The SMILES string of the molecule is CC(C)=CCC/C(C)=C/CC/C(C)=C/CC/C(C)=[CH]/[Al]([CH3])[CH3]. The van der Waals surface area contributed by atoms with Crippen LogP contribution in [0.4, 0.5) is 0 Å². The van der Waals surface area contributed by atoms with E-state index in [4.69, 9.17) is 0 Å². The quantitative estimate of drug-likeness (QED) is 0.290. The van der Waals surface area contributed by atoms with Crippen LogP contribution in [0.2, 0.25) is 11.6 Å². The normalized spacial score (nSPS) is 13.3. The molecular formula is C21H37Al. The first-order chi connectivity index (χ1) is 10.3. The Kier molecular flexibility index (Phi) is 12.7. The second-order valence-electron chi connectivity index (χ2n) is 7.26. The van der Waals surface area contributed by atoms with Gasteiger partial charge in [-0.15, -0.1) is 16.5 Å². The van der Waals surface area contributed by atoms with Gasteiger partial charge in [0.05, 0.1) is 0 Å². The maximum atomic E-state index is 2.52. The van der Waals surface area contributed by atoms with E-state index in [0.717, 1.165) is 0 Å². The van der Waals surface area contributed by atoms with E-state index in [9.17, 15) is 0 Å². The molecule has 0 aromatic heterocycles. The standard InChI is InChI=1S/C19H31.2CH3.Al/c1-16(2)10-7-12-18(5)14-9-15-19(6)13-8-11-17(3)4;;;/h1,11-12,15H,7-10,13-14H2,2-6H3;2*1H3;/b16-1?,18-12+,19-15+;;;. The van der Waals surface area contributed by atoms with Gasteiger partial charge >= 0.3 is 0 Å². The Morgan fingerprint density at radius 2 is 1.05 bits per heavy atom. The summed E-state index contributed by atoms with van der Waals surface area (Å²) in [5.41, 5.74) is 6.09. The molecule has 0 fully saturated rings. The molecule has 0 bridgehead atoms. The van der Waals surface area contributed by atoms with Gasteiger partial charge in [0.1, 0.15) is 0 Å². The fourth-order valence-corrected chi connectivity index (χ4v) is 3.84. The maximum absolute atomic E-state index is 2.52. The molecule has 0 aliphatic carbocycles. The van der Waals surface area contributed by atoms with Gasteiger partial charge in [0.2, 0.25) is 0 Å². The van der Waals surface area contributed by atoms with Gasteiger partial charge in [0.25, 0.3) is 14.1 Å². The number of hydrogen-bond acceptors (Lipinski definition) is 0. The van der Waals surface area contributed by atoms with Crippen molar-refractivity contribution < 1.29 is 0 Å². The zero-order valence-corrected chi connectivity index (χ0v) is 17.3. The molecule has 0 N–H and O–H groups in total. The molecule has 0 heterocycles. The van der Waals surface area contributed by atoms with Crippen molar-refractivity contribution in [2.75, 3.05) is 0 Å². The van der Waals surface area contributed by atoms with E-state index in [1.807, 2.05) is 0 Å². The third-order valence-corrected chi connectivity index (χ3v) is 5.01. The Bertz CT molecular complexity index is 415. The molecule has 0 nitrogen and oxygen atoms in total. The second-order valence-corrected chi connectivity index (χ2v) is 10.1. The van der Waals surface area contributed by atoms with Crippen LogP contribution in [0.15, 0.2) is 45.5 Å². The molecule has 0 rings (SSSR count). The Balaban J connectivity index is 3.99. The van der Waals surface area contributed by atoms with Gasteiger partial charge < -0.3 is 0 Å². The van der Waals surface area contributed by atoms with E-state index in [1.165, 1.54) is 49.7 Å². The van der Waals surface area contributed by atoms with Crippen molar-refractivity contribution in [2.24, 2.45) is 0 Å². The van der Waals surface area contributed by atoms with E-state index in [2.05, 4.69) is 69.4 Å². The molecule has 0 atom stereocenters. The maximum Gasteiger partial charge on any atom is 0.288 e. The van der Waals surface area contributed by atoms with Crippen molar-refractivity contribution in [1.82, 2.24) is 0 Å². The lowest BCUT2D eigenvalue weighted by atomic mass is 10.0. The van der Waals surface area contributed by atoms with E-state index in [0.29, 0.717) is 0 Å². The molecule has 0 spiro atoms. The van der Waals surface area contributed by atoms with Crippen molar-refractivity contribution >= 4 is 14.1 Å². The number of hydrogen-bond donors (Lipinski definition) is 0. The molecule has 0 saturated carbocycles. The van der Waals surface area contributed by atoms with Gasteiger partial charge in [-0.05, 0) is 73.1 Å². The molecule has 0 aliphatic rings. The minimum Gasteiger partial charge on any atom is -0.146 e. The van der Waals surface area contributed by atoms with Gasteiger partial charge in [-0.25, -0.2) is 0 Å². The highest BCUT2D eigenvalue weighted by atomic mass is 27.2. The number of rotatable bonds is 10. The van der Waals surface area contributed by atoms with Gasteiger partial charge in [0.15, 0.2) is 0 Å². The van der Waals surface area contributed by atoms with E-state index in [1.54, 1.807) is 11.1 Å². The van der Waals surface area contributed by atoms with Crippen LogP contribution in [0, 0.1) is 0 Å². The van der Waals surface area contributed by atoms with Crippen molar-refractivity contribution in [1.29, 1.82) is 0 Å². The lowest BCUT2D eigenvalue weighted by Gasteiger charge is -2.03. The minimum absolute atomic E-state index is 0.537. The summed E-state index contributed by atoms with van der Waals surface area (Å²) in [6, 6.07) is 0. The van der Waals surface area contributed by atoms with Crippen LogP contribution in [0.3, 0.4) is 0 Å². The predicted octanol–water partition coefficient (Wildman–Crippen LogP) is 7.43.